The van der Waals surface area contributed by atoms with Crippen molar-refractivity contribution in [3.63, 3.8) is 0 Å². The second-order valence-electron chi connectivity index (χ2n) is 5.81. The van der Waals surface area contributed by atoms with E-state index in [0.717, 1.165) is 22.0 Å². The van der Waals surface area contributed by atoms with Crippen LogP contribution in [0.25, 0.3) is 11.1 Å². The molecule has 0 spiro atoms. The second kappa shape index (κ2) is 6.02. The standard InChI is InChI=1S/C18H19BrO2/c1-4-18(2,3)13-7-5-12(6-8-13)15-10-9-14(19)11-16(15)17(20)21/h5-11H,4H2,1-3H3,(H,20,21). The van der Waals surface area contributed by atoms with Gasteiger partial charge in [-0.3, -0.25) is 0 Å². The summed E-state index contributed by atoms with van der Waals surface area (Å²) >= 11 is 3.32. The van der Waals surface area contributed by atoms with E-state index >= 15 is 0 Å². The zero-order valence-electron chi connectivity index (χ0n) is 12.5. The van der Waals surface area contributed by atoms with Crippen molar-refractivity contribution < 1.29 is 9.90 Å². The Bertz CT molecular complexity index is 657. The number of carbonyl (C=O) groups is 1. The zero-order valence-corrected chi connectivity index (χ0v) is 14.1. The quantitative estimate of drug-likeness (QED) is 0.793. The van der Waals surface area contributed by atoms with Gasteiger partial charge in [0.25, 0.3) is 0 Å². The fourth-order valence-electron chi connectivity index (χ4n) is 2.25. The maximum Gasteiger partial charge on any atom is 0.336 e. The topological polar surface area (TPSA) is 37.3 Å². The van der Waals surface area contributed by atoms with E-state index in [4.69, 9.17) is 0 Å². The summed E-state index contributed by atoms with van der Waals surface area (Å²) in [6.45, 7) is 6.60. The highest BCUT2D eigenvalue weighted by atomic mass is 79.9. The van der Waals surface area contributed by atoms with Crippen LogP contribution in [-0.4, -0.2) is 11.1 Å². The van der Waals surface area contributed by atoms with Crippen molar-refractivity contribution >= 4 is 21.9 Å². The minimum atomic E-state index is -0.913. The Labute approximate surface area is 134 Å². The van der Waals surface area contributed by atoms with Crippen molar-refractivity contribution in [2.45, 2.75) is 32.6 Å². The minimum Gasteiger partial charge on any atom is -0.478 e. The number of benzene rings is 2. The van der Waals surface area contributed by atoms with Gasteiger partial charge in [0, 0.05) is 4.47 Å². The number of halogens is 1. The second-order valence-corrected chi connectivity index (χ2v) is 6.73. The Morgan fingerprint density at radius 2 is 1.76 bits per heavy atom. The summed E-state index contributed by atoms with van der Waals surface area (Å²) in [6.07, 6.45) is 1.06. The van der Waals surface area contributed by atoms with Crippen LogP contribution >= 0.6 is 15.9 Å². The molecule has 0 unspecified atom stereocenters. The number of hydrogen-bond donors (Lipinski definition) is 1. The lowest BCUT2D eigenvalue weighted by Gasteiger charge is -2.23. The average molecular weight is 347 g/mol. The maximum atomic E-state index is 11.4. The van der Waals surface area contributed by atoms with E-state index in [9.17, 15) is 9.90 Å². The molecule has 0 atom stereocenters. The fraction of sp³-hybridized carbons (Fsp3) is 0.278. The van der Waals surface area contributed by atoms with Crippen LogP contribution < -0.4 is 0 Å². The van der Waals surface area contributed by atoms with Crippen LogP contribution in [0.5, 0.6) is 0 Å². The number of hydrogen-bond acceptors (Lipinski definition) is 1. The molecular weight excluding hydrogens is 328 g/mol. The molecule has 2 nitrogen and oxygen atoms in total. The van der Waals surface area contributed by atoms with Gasteiger partial charge in [0.05, 0.1) is 5.56 Å². The van der Waals surface area contributed by atoms with Crippen LogP contribution in [0, 0.1) is 0 Å². The van der Waals surface area contributed by atoms with Crippen LogP contribution in [0.15, 0.2) is 46.9 Å². The summed E-state index contributed by atoms with van der Waals surface area (Å²) in [7, 11) is 0. The lowest BCUT2D eigenvalue weighted by Crippen LogP contribution is -2.15. The van der Waals surface area contributed by atoms with E-state index in [1.54, 1.807) is 6.07 Å². The number of carboxylic acids is 1. The molecule has 1 N–H and O–H groups in total. The van der Waals surface area contributed by atoms with Crippen LogP contribution in [0.2, 0.25) is 0 Å². The van der Waals surface area contributed by atoms with E-state index in [0.29, 0.717) is 5.56 Å². The zero-order chi connectivity index (χ0) is 15.6. The van der Waals surface area contributed by atoms with E-state index in [2.05, 4.69) is 48.8 Å². The molecule has 0 bridgehead atoms. The van der Waals surface area contributed by atoms with Gasteiger partial charge in [0.15, 0.2) is 0 Å². The third kappa shape index (κ3) is 3.35. The monoisotopic (exact) mass is 346 g/mol. The highest BCUT2D eigenvalue weighted by molar-refractivity contribution is 9.10. The molecule has 0 aliphatic rings. The van der Waals surface area contributed by atoms with Gasteiger partial charge >= 0.3 is 5.97 Å². The SMILES string of the molecule is CCC(C)(C)c1ccc(-c2ccc(Br)cc2C(=O)O)cc1. The van der Waals surface area contributed by atoms with Crippen molar-refractivity contribution in [2.24, 2.45) is 0 Å². The molecule has 0 fully saturated rings. The Balaban J connectivity index is 2.47. The van der Waals surface area contributed by atoms with Gasteiger partial charge in [0.2, 0.25) is 0 Å². The molecule has 0 aromatic heterocycles. The normalized spacial score (nSPS) is 11.4. The van der Waals surface area contributed by atoms with E-state index in [1.807, 2.05) is 24.3 Å². The molecule has 0 amide bonds. The van der Waals surface area contributed by atoms with Gasteiger partial charge < -0.3 is 5.11 Å². The van der Waals surface area contributed by atoms with Gasteiger partial charge in [-0.05, 0) is 40.7 Å². The summed E-state index contributed by atoms with van der Waals surface area (Å²) in [5, 5.41) is 9.35. The van der Waals surface area contributed by atoms with Crippen LogP contribution in [0.3, 0.4) is 0 Å². The van der Waals surface area contributed by atoms with Gasteiger partial charge in [0.1, 0.15) is 0 Å². The van der Waals surface area contributed by atoms with E-state index in [-0.39, 0.29) is 5.41 Å². The molecule has 3 heteroatoms. The molecule has 110 valence electrons. The highest BCUT2D eigenvalue weighted by Crippen LogP contribution is 2.31. The summed E-state index contributed by atoms with van der Waals surface area (Å²) < 4.78 is 0.771. The van der Waals surface area contributed by atoms with Crippen molar-refractivity contribution in [3.8, 4) is 11.1 Å². The van der Waals surface area contributed by atoms with Crippen LogP contribution in [0.1, 0.15) is 43.1 Å². The highest BCUT2D eigenvalue weighted by Gasteiger charge is 2.18. The summed E-state index contributed by atoms with van der Waals surface area (Å²) in [4.78, 5) is 11.4. The Hall–Kier alpha value is -1.61. The van der Waals surface area contributed by atoms with Gasteiger partial charge in [-0.25, -0.2) is 4.79 Å². The summed E-state index contributed by atoms with van der Waals surface area (Å²) in [5.74, 6) is -0.913. The van der Waals surface area contributed by atoms with E-state index in [1.165, 1.54) is 5.56 Å². The molecule has 0 saturated carbocycles. The predicted molar refractivity (Wildman–Crippen MR) is 89.9 cm³/mol. The third-order valence-electron chi connectivity index (χ3n) is 4.07. The Kier molecular flexibility index (Phi) is 4.52. The average Bonchev–Trinajstić information content (AvgIpc) is 2.47. The summed E-state index contributed by atoms with van der Waals surface area (Å²) in [6, 6.07) is 13.5. The van der Waals surface area contributed by atoms with Crippen molar-refractivity contribution in [1.82, 2.24) is 0 Å². The first-order valence-electron chi connectivity index (χ1n) is 6.99. The van der Waals surface area contributed by atoms with Gasteiger partial charge in [-0.15, -0.1) is 0 Å². The lowest BCUT2D eigenvalue weighted by atomic mass is 9.81. The van der Waals surface area contributed by atoms with Crippen molar-refractivity contribution in [1.29, 1.82) is 0 Å². The minimum absolute atomic E-state index is 0.133. The van der Waals surface area contributed by atoms with Crippen LogP contribution in [-0.2, 0) is 5.41 Å². The molecule has 0 radical (unpaired) electrons. The molecule has 0 aliphatic carbocycles. The summed E-state index contributed by atoms with van der Waals surface area (Å²) in [5.41, 5.74) is 3.38. The van der Waals surface area contributed by atoms with Crippen LogP contribution in [0.4, 0.5) is 0 Å². The molecule has 0 saturated heterocycles. The number of carboxylic acid groups (broad SMARTS) is 1. The van der Waals surface area contributed by atoms with E-state index < -0.39 is 5.97 Å². The van der Waals surface area contributed by atoms with Gasteiger partial charge in [-0.2, -0.15) is 0 Å². The Morgan fingerprint density at radius 3 is 2.29 bits per heavy atom. The molecule has 2 aromatic carbocycles. The fourth-order valence-corrected chi connectivity index (χ4v) is 2.61. The Morgan fingerprint density at radius 1 is 1.14 bits per heavy atom. The first-order chi connectivity index (χ1) is 9.85. The smallest absolute Gasteiger partial charge is 0.336 e. The molecule has 2 rings (SSSR count). The van der Waals surface area contributed by atoms with Crippen molar-refractivity contribution in [2.75, 3.05) is 0 Å². The number of aromatic carboxylic acids is 1. The maximum absolute atomic E-state index is 11.4. The largest absolute Gasteiger partial charge is 0.478 e. The lowest BCUT2D eigenvalue weighted by molar-refractivity contribution is 0.0697. The predicted octanol–water partition coefficient (Wildman–Crippen LogP) is 5.50. The number of rotatable bonds is 4. The molecule has 0 heterocycles. The van der Waals surface area contributed by atoms with Crippen molar-refractivity contribution in [3.05, 3.63) is 58.1 Å². The first-order valence-corrected chi connectivity index (χ1v) is 7.78. The third-order valence-corrected chi connectivity index (χ3v) is 4.57. The van der Waals surface area contributed by atoms with Gasteiger partial charge in [-0.1, -0.05) is 67.0 Å². The molecule has 2 aromatic rings. The first kappa shape index (κ1) is 15.8. The molecule has 21 heavy (non-hydrogen) atoms. The molecular formula is C18H19BrO2. The molecule has 0 aliphatic heterocycles.